The molecule has 0 rings (SSSR count). The Kier molecular flexibility index (Phi) is 43.7. The summed E-state index contributed by atoms with van der Waals surface area (Å²) in [6, 6.07) is -0.646. The van der Waals surface area contributed by atoms with Crippen LogP contribution in [0.5, 0.6) is 0 Å². The van der Waals surface area contributed by atoms with E-state index < -0.39 is 12.1 Å². The zero-order valence-corrected chi connectivity index (χ0v) is 36.8. The fourth-order valence-corrected chi connectivity index (χ4v) is 6.83. The van der Waals surface area contributed by atoms with E-state index in [9.17, 15) is 19.8 Å². The standard InChI is InChI=1S/C50H91NO5/c1-3-5-7-9-11-13-15-16-17-18-19-24-28-32-36-40-44-50(55)56-45-41-37-33-29-25-21-20-23-27-31-35-39-43-49(54)51-47(46-52)48(53)42-38-34-30-26-22-14-12-10-8-6-4-2/h13,15,17-18,21,25,38,42,47-48,52-53H,3-12,14,16,19-20,22-24,26-37,39-41,43-46H2,1-2H3,(H,51,54)/b15-13-,18-17-,25-21-,42-38+. The number of carbonyl (C=O) groups is 2. The third-order valence-corrected chi connectivity index (χ3v) is 10.6. The van der Waals surface area contributed by atoms with Crippen LogP contribution in [-0.2, 0) is 14.3 Å². The lowest BCUT2D eigenvalue weighted by atomic mass is 10.1. The number of ether oxygens (including phenoxy) is 1. The Morgan fingerprint density at radius 3 is 1.39 bits per heavy atom. The molecule has 326 valence electrons. The van der Waals surface area contributed by atoms with Gasteiger partial charge in [-0.3, -0.25) is 9.59 Å². The highest BCUT2D eigenvalue weighted by Gasteiger charge is 2.18. The predicted octanol–water partition coefficient (Wildman–Crippen LogP) is 13.9. The fraction of sp³-hybridized carbons (Fsp3) is 0.800. The van der Waals surface area contributed by atoms with Crippen LogP contribution in [0.3, 0.4) is 0 Å². The molecule has 0 radical (unpaired) electrons. The van der Waals surface area contributed by atoms with E-state index in [4.69, 9.17) is 4.74 Å². The fourth-order valence-electron chi connectivity index (χ4n) is 6.83. The second-order valence-electron chi connectivity index (χ2n) is 16.1. The summed E-state index contributed by atoms with van der Waals surface area (Å²) in [5.41, 5.74) is 0. The number of aliphatic hydroxyl groups is 2. The van der Waals surface area contributed by atoms with Gasteiger partial charge in [0.05, 0.1) is 25.4 Å². The summed E-state index contributed by atoms with van der Waals surface area (Å²) in [7, 11) is 0. The maximum absolute atomic E-state index is 12.4. The van der Waals surface area contributed by atoms with Gasteiger partial charge in [-0.2, -0.15) is 0 Å². The highest BCUT2D eigenvalue weighted by atomic mass is 16.5. The average Bonchev–Trinajstić information content (AvgIpc) is 3.20. The van der Waals surface area contributed by atoms with Crippen LogP contribution in [0.2, 0.25) is 0 Å². The molecule has 1 amide bonds. The summed E-state index contributed by atoms with van der Waals surface area (Å²) >= 11 is 0. The third-order valence-electron chi connectivity index (χ3n) is 10.6. The van der Waals surface area contributed by atoms with Crippen molar-refractivity contribution in [1.29, 1.82) is 0 Å². The quantitative estimate of drug-likeness (QED) is 0.0325. The molecule has 6 heteroatoms. The number of unbranched alkanes of at least 4 members (excludes halogenated alkanes) is 26. The molecule has 0 bridgehead atoms. The molecule has 6 nitrogen and oxygen atoms in total. The highest BCUT2D eigenvalue weighted by molar-refractivity contribution is 5.76. The Labute approximate surface area is 346 Å². The van der Waals surface area contributed by atoms with Crippen molar-refractivity contribution in [3.05, 3.63) is 48.6 Å². The summed E-state index contributed by atoms with van der Waals surface area (Å²) in [6.07, 6.45) is 55.3. The molecule has 0 aromatic rings. The molecule has 2 atom stereocenters. The number of hydrogen-bond acceptors (Lipinski definition) is 5. The van der Waals surface area contributed by atoms with Gasteiger partial charge < -0.3 is 20.3 Å². The Morgan fingerprint density at radius 2 is 0.893 bits per heavy atom. The van der Waals surface area contributed by atoms with Crippen molar-refractivity contribution < 1.29 is 24.5 Å². The first-order valence-corrected chi connectivity index (χ1v) is 23.9. The third kappa shape index (κ3) is 41.5. The van der Waals surface area contributed by atoms with Gasteiger partial charge in [0.15, 0.2) is 0 Å². The molecule has 0 saturated heterocycles. The van der Waals surface area contributed by atoms with Gasteiger partial charge in [0.25, 0.3) is 0 Å². The number of aliphatic hydroxyl groups excluding tert-OH is 2. The largest absolute Gasteiger partial charge is 0.466 e. The molecule has 0 aromatic carbocycles. The van der Waals surface area contributed by atoms with Crippen LogP contribution in [0.15, 0.2) is 48.6 Å². The van der Waals surface area contributed by atoms with E-state index in [0.717, 1.165) is 103 Å². The van der Waals surface area contributed by atoms with Crippen molar-refractivity contribution in [2.24, 2.45) is 0 Å². The number of hydrogen-bond donors (Lipinski definition) is 3. The molecule has 0 heterocycles. The van der Waals surface area contributed by atoms with E-state index in [1.807, 2.05) is 6.08 Å². The number of amides is 1. The Bertz CT molecular complexity index is 957. The first-order chi connectivity index (χ1) is 27.5. The van der Waals surface area contributed by atoms with E-state index in [1.165, 1.54) is 103 Å². The van der Waals surface area contributed by atoms with Crippen LogP contribution in [0.4, 0.5) is 0 Å². The normalized spacial score (nSPS) is 13.1. The second-order valence-corrected chi connectivity index (χ2v) is 16.1. The SMILES string of the molecule is CCCCCC/C=C\C/C=C\CCCCCCCC(=O)OCCCCC/C=C\CCCCCCCC(=O)NC(CO)C(O)/C=C/CCCCCCCCCCC. The Morgan fingerprint density at radius 1 is 0.500 bits per heavy atom. The van der Waals surface area contributed by atoms with Gasteiger partial charge in [0, 0.05) is 12.8 Å². The maximum Gasteiger partial charge on any atom is 0.305 e. The summed E-state index contributed by atoms with van der Waals surface area (Å²) in [4.78, 5) is 24.4. The number of carbonyl (C=O) groups excluding carboxylic acids is 2. The zero-order valence-electron chi connectivity index (χ0n) is 36.8. The van der Waals surface area contributed by atoms with Crippen molar-refractivity contribution in [3.63, 3.8) is 0 Å². The topological polar surface area (TPSA) is 95.9 Å². The van der Waals surface area contributed by atoms with Gasteiger partial charge in [-0.05, 0) is 96.3 Å². The van der Waals surface area contributed by atoms with Gasteiger partial charge in [0.2, 0.25) is 5.91 Å². The van der Waals surface area contributed by atoms with E-state index in [2.05, 4.69) is 55.6 Å². The minimum absolute atomic E-state index is 0.0393. The van der Waals surface area contributed by atoms with Gasteiger partial charge >= 0.3 is 5.97 Å². The first-order valence-electron chi connectivity index (χ1n) is 23.9. The zero-order chi connectivity index (χ0) is 40.8. The van der Waals surface area contributed by atoms with Gasteiger partial charge in [-0.1, -0.05) is 172 Å². The number of allylic oxidation sites excluding steroid dienone is 7. The molecule has 2 unspecified atom stereocenters. The minimum Gasteiger partial charge on any atom is -0.466 e. The number of nitrogens with one attached hydrogen (secondary N) is 1. The molecule has 0 aliphatic heterocycles. The van der Waals surface area contributed by atoms with Crippen molar-refractivity contribution in [3.8, 4) is 0 Å². The average molecular weight is 786 g/mol. The molecule has 3 N–H and O–H groups in total. The van der Waals surface area contributed by atoms with Gasteiger partial charge in [-0.25, -0.2) is 0 Å². The Balaban J connectivity index is 3.56. The van der Waals surface area contributed by atoms with E-state index >= 15 is 0 Å². The monoisotopic (exact) mass is 786 g/mol. The Hall–Kier alpha value is -2.18. The van der Waals surface area contributed by atoms with E-state index in [0.29, 0.717) is 19.4 Å². The van der Waals surface area contributed by atoms with Crippen molar-refractivity contribution in [2.75, 3.05) is 13.2 Å². The predicted molar refractivity (Wildman–Crippen MR) is 241 cm³/mol. The maximum atomic E-state index is 12.4. The molecule has 56 heavy (non-hydrogen) atoms. The van der Waals surface area contributed by atoms with Crippen LogP contribution >= 0.6 is 0 Å². The summed E-state index contributed by atoms with van der Waals surface area (Å²) in [5, 5.41) is 22.9. The van der Waals surface area contributed by atoms with Crippen LogP contribution in [0.1, 0.15) is 232 Å². The van der Waals surface area contributed by atoms with Gasteiger partial charge in [0.1, 0.15) is 0 Å². The van der Waals surface area contributed by atoms with Crippen molar-refractivity contribution >= 4 is 11.9 Å². The minimum atomic E-state index is -0.860. The van der Waals surface area contributed by atoms with Crippen LogP contribution in [-0.4, -0.2) is 47.4 Å². The summed E-state index contributed by atoms with van der Waals surface area (Å²) in [6.45, 7) is 4.78. The number of rotatable bonds is 43. The molecular weight excluding hydrogens is 695 g/mol. The second kappa shape index (κ2) is 45.5. The van der Waals surface area contributed by atoms with Gasteiger partial charge in [-0.15, -0.1) is 0 Å². The molecule has 0 aliphatic rings. The molecule has 0 spiro atoms. The first kappa shape index (κ1) is 53.8. The van der Waals surface area contributed by atoms with Crippen molar-refractivity contribution in [1.82, 2.24) is 5.32 Å². The van der Waals surface area contributed by atoms with Crippen LogP contribution in [0.25, 0.3) is 0 Å². The van der Waals surface area contributed by atoms with E-state index in [-0.39, 0.29) is 18.5 Å². The lowest BCUT2D eigenvalue weighted by Gasteiger charge is -2.20. The van der Waals surface area contributed by atoms with Crippen LogP contribution < -0.4 is 5.32 Å². The highest BCUT2D eigenvalue weighted by Crippen LogP contribution is 2.13. The van der Waals surface area contributed by atoms with Crippen LogP contribution in [0, 0.1) is 0 Å². The smallest absolute Gasteiger partial charge is 0.305 e. The van der Waals surface area contributed by atoms with E-state index in [1.54, 1.807) is 6.08 Å². The lowest BCUT2D eigenvalue weighted by Crippen LogP contribution is -2.45. The molecular formula is C50H91NO5. The summed E-state index contributed by atoms with van der Waals surface area (Å²) in [5.74, 6) is -0.137. The molecule has 0 aliphatic carbocycles. The summed E-state index contributed by atoms with van der Waals surface area (Å²) < 4.78 is 5.43. The molecule has 0 aromatic heterocycles. The molecule has 0 saturated carbocycles. The van der Waals surface area contributed by atoms with Crippen molar-refractivity contribution in [2.45, 2.75) is 244 Å². The number of esters is 1. The lowest BCUT2D eigenvalue weighted by molar-refractivity contribution is -0.143. The molecule has 0 fully saturated rings.